The lowest BCUT2D eigenvalue weighted by Gasteiger charge is -2.31. The molecule has 2 aromatic carbocycles. The number of rotatable bonds is 6. The maximum Gasteiger partial charge on any atom is 0.264 e. The maximum atomic E-state index is 13.7. The molecule has 0 aromatic heterocycles. The summed E-state index contributed by atoms with van der Waals surface area (Å²) < 4.78 is 40.2. The Bertz CT molecular complexity index is 1010. The molecule has 0 fully saturated rings. The molecule has 9 heteroatoms. The highest BCUT2D eigenvalue weighted by Crippen LogP contribution is 2.22. The van der Waals surface area contributed by atoms with Gasteiger partial charge in [0.2, 0.25) is 11.8 Å². The quantitative estimate of drug-likeness (QED) is 0.764. The molecule has 0 bridgehead atoms. The molecular weight excluding hydrogens is 385 g/mol. The van der Waals surface area contributed by atoms with Crippen molar-refractivity contribution >= 4 is 21.8 Å². The zero-order valence-corrected chi connectivity index (χ0v) is 15.5. The van der Waals surface area contributed by atoms with Gasteiger partial charge in [-0.3, -0.25) is 13.9 Å². The van der Waals surface area contributed by atoms with Crippen LogP contribution in [0.1, 0.15) is 12.0 Å². The minimum absolute atomic E-state index is 0.00566. The molecule has 7 nitrogen and oxygen atoms in total. The fraction of sp³-hybridized carbons (Fsp3) is 0.158. The molecule has 2 amide bonds. The van der Waals surface area contributed by atoms with Crippen LogP contribution in [0.25, 0.3) is 0 Å². The molecule has 1 atom stereocenters. The SMILES string of the molecule is O=C(C[C@@H]1C(=O)NC=CN1S(=O)(=O)c1ccccc1)NCc1ccccc1F. The van der Waals surface area contributed by atoms with E-state index in [9.17, 15) is 22.4 Å². The average molecular weight is 403 g/mol. The Morgan fingerprint density at radius 1 is 1.11 bits per heavy atom. The number of amides is 2. The monoisotopic (exact) mass is 403 g/mol. The van der Waals surface area contributed by atoms with Gasteiger partial charge < -0.3 is 10.6 Å². The van der Waals surface area contributed by atoms with E-state index in [0.29, 0.717) is 0 Å². The molecule has 1 aliphatic rings. The van der Waals surface area contributed by atoms with Gasteiger partial charge in [0.1, 0.15) is 11.9 Å². The molecule has 146 valence electrons. The maximum absolute atomic E-state index is 13.7. The van der Waals surface area contributed by atoms with Gasteiger partial charge in [0.25, 0.3) is 10.0 Å². The van der Waals surface area contributed by atoms with Gasteiger partial charge in [-0.1, -0.05) is 36.4 Å². The lowest BCUT2D eigenvalue weighted by molar-refractivity contribution is -0.129. The molecule has 28 heavy (non-hydrogen) atoms. The third kappa shape index (κ3) is 4.20. The highest BCUT2D eigenvalue weighted by atomic mass is 32.2. The minimum Gasteiger partial charge on any atom is -0.352 e. The number of hydrogen-bond donors (Lipinski definition) is 2. The van der Waals surface area contributed by atoms with Crippen molar-refractivity contribution in [3.05, 3.63) is 78.4 Å². The lowest BCUT2D eigenvalue weighted by Crippen LogP contribution is -2.51. The van der Waals surface area contributed by atoms with Gasteiger partial charge in [0, 0.05) is 24.5 Å². The lowest BCUT2D eigenvalue weighted by atomic mass is 10.1. The highest BCUT2D eigenvalue weighted by Gasteiger charge is 2.36. The first-order valence-electron chi connectivity index (χ1n) is 8.45. The smallest absolute Gasteiger partial charge is 0.264 e. The normalized spacial score (nSPS) is 16.5. The minimum atomic E-state index is -4.02. The predicted molar refractivity (Wildman–Crippen MR) is 99.4 cm³/mol. The van der Waals surface area contributed by atoms with Gasteiger partial charge in [-0.15, -0.1) is 0 Å². The Morgan fingerprint density at radius 2 is 1.79 bits per heavy atom. The van der Waals surface area contributed by atoms with Crippen molar-refractivity contribution in [2.45, 2.75) is 23.9 Å². The summed E-state index contributed by atoms with van der Waals surface area (Å²) in [5.41, 5.74) is 0.289. The van der Waals surface area contributed by atoms with Crippen LogP contribution in [0, 0.1) is 5.82 Å². The van der Waals surface area contributed by atoms with Crippen LogP contribution in [0.4, 0.5) is 4.39 Å². The summed E-state index contributed by atoms with van der Waals surface area (Å²) in [5, 5.41) is 4.92. The van der Waals surface area contributed by atoms with E-state index < -0.39 is 40.1 Å². The Balaban J connectivity index is 1.75. The number of carbonyl (C=O) groups excluding carboxylic acids is 2. The van der Waals surface area contributed by atoms with Gasteiger partial charge in [0.15, 0.2) is 0 Å². The highest BCUT2D eigenvalue weighted by molar-refractivity contribution is 7.89. The van der Waals surface area contributed by atoms with Crippen molar-refractivity contribution in [3.8, 4) is 0 Å². The van der Waals surface area contributed by atoms with Crippen molar-refractivity contribution in [1.82, 2.24) is 14.9 Å². The summed E-state index contributed by atoms with van der Waals surface area (Å²) in [5.74, 6) is -1.66. The first-order chi connectivity index (χ1) is 13.4. The summed E-state index contributed by atoms with van der Waals surface area (Å²) in [6.07, 6.45) is 2.01. The van der Waals surface area contributed by atoms with E-state index in [1.807, 2.05) is 0 Å². The molecule has 0 spiro atoms. The molecule has 0 saturated heterocycles. The number of benzene rings is 2. The van der Waals surface area contributed by atoms with Crippen molar-refractivity contribution in [2.75, 3.05) is 0 Å². The molecule has 1 aliphatic heterocycles. The Labute approximate surface area is 161 Å². The predicted octanol–water partition coefficient (Wildman–Crippen LogP) is 1.49. The molecule has 2 N–H and O–H groups in total. The van der Waals surface area contributed by atoms with Crippen molar-refractivity contribution in [2.24, 2.45) is 0 Å². The van der Waals surface area contributed by atoms with E-state index >= 15 is 0 Å². The van der Waals surface area contributed by atoms with Crippen LogP contribution in [-0.2, 0) is 26.2 Å². The molecular formula is C19H18FN3O4S. The van der Waals surface area contributed by atoms with Crippen LogP contribution in [0.2, 0.25) is 0 Å². The van der Waals surface area contributed by atoms with E-state index in [1.165, 1.54) is 42.7 Å². The summed E-state index contributed by atoms with van der Waals surface area (Å²) in [7, 11) is -4.02. The van der Waals surface area contributed by atoms with Crippen LogP contribution < -0.4 is 10.6 Å². The Morgan fingerprint density at radius 3 is 2.50 bits per heavy atom. The van der Waals surface area contributed by atoms with Gasteiger partial charge in [0.05, 0.1) is 11.3 Å². The van der Waals surface area contributed by atoms with Crippen molar-refractivity contribution < 1.29 is 22.4 Å². The first kappa shape index (κ1) is 19.6. The molecule has 2 aromatic rings. The van der Waals surface area contributed by atoms with E-state index in [0.717, 1.165) is 4.31 Å². The van der Waals surface area contributed by atoms with E-state index in [4.69, 9.17) is 0 Å². The second-order valence-corrected chi connectivity index (χ2v) is 7.90. The van der Waals surface area contributed by atoms with Crippen molar-refractivity contribution in [1.29, 1.82) is 0 Å². The number of carbonyl (C=O) groups is 2. The number of hydrogen-bond acceptors (Lipinski definition) is 4. The number of nitrogens with one attached hydrogen (secondary N) is 2. The van der Waals surface area contributed by atoms with Crippen LogP contribution in [0.3, 0.4) is 0 Å². The summed E-state index contributed by atoms with van der Waals surface area (Å²) in [6.45, 7) is -0.0683. The molecule has 0 aliphatic carbocycles. The zero-order valence-electron chi connectivity index (χ0n) is 14.7. The van der Waals surface area contributed by atoms with Gasteiger partial charge in [-0.05, 0) is 18.2 Å². The molecule has 3 rings (SSSR count). The third-order valence-corrected chi connectivity index (χ3v) is 5.99. The second-order valence-electron chi connectivity index (χ2n) is 6.06. The van der Waals surface area contributed by atoms with Crippen LogP contribution in [0.5, 0.6) is 0 Å². The van der Waals surface area contributed by atoms with Crippen LogP contribution >= 0.6 is 0 Å². The number of nitrogens with zero attached hydrogens (tertiary/aromatic N) is 1. The zero-order chi connectivity index (χ0) is 20.1. The number of halogens is 1. The largest absolute Gasteiger partial charge is 0.352 e. The second kappa shape index (κ2) is 8.22. The average Bonchev–Trinajstić information content (AvgIpc) is 2.69. The number of sulfonamides is 1. The molecule has 0 unspecified atom stereocenters. The Kier molecular flexibility index (Phi) is 5.74. The third-order valence-electron chi connectivity index (χ3n) is 4.19. The van der Waals surface area contributed by atoms with Gasteiger partial charge in [-0.25, -0.2) is 12.8 Å². The molecule has 0 radical (unpaired) electrons. The van der Waals surface area contributed by atoms with Gasteiger partial charge in [-0.2, -0.15) is 0 Å². The van der Waals surface area contributed by atoms with E-state index in [1.54, 1.807) is 24.3 Å². The Hall–Kier alpha value is -3.20. The van der Waals surface area contributed by atoms with E-state index in [2.05, 4.69) is 10.6 Å². The standard InChI is InChI=1S/C19H18FN3O4S/c20-16-9-5-4-6-14(16)13-22-18(24)12-17-19(25)21-10-11-23(17)28(26,27)15-7-2-1-3-8-15/h1-11,17H,12-13H2,(H,21,25)(H,22,24)/t17-/m1/s1. The van der Waals surface area contributed by atoms with Crippen LogP contribution in [0.15, 0.2) is 71.9 Å². The summed E-state index contributed by atoms with van der Waals surface area (Å²) >= 11 is 0. The molecule has 1 heterocycles. The fourth-order valence-electron chi connectivity index (χ4n) is 2.74. The topological polar surface area (TPSA) is 95.6 Å². The first-order valence-corrected chi connectivity index (χ1v) is 9.89. The van der Waals surface area contributed by atoms with Crippen LogP contribution in [-0.4, -0.2) is 30.6 Å². The van der Waals surface area contributed by atoms with Gasteiger partial charge >= 0.3 is 0 Å². The van der Waals surface area contributed by atoms with Crippen molar-refractivity contribution in [3.63, 3.8) is 0 Å². The summed E-state index contributed by atoms with van der Waals surface area (Å²) in [6, 6.07) is 12.3. The fourth-order valence-corrected chi connectivity index (χ4v) is 4.21. The van der Waals surface area contributed by atoms with E-state index in [-0.39, 0.29) is 17.0 Å². The molecule has 0 saturated carbocycles. The summed E-state index contributed by atoms with van der Waals surface area (Å²) in [4.78, 5) is 24.5.